The van der Waals surface area contributed by atoms with Gasteiger partial charge in [0.25, 0.3) is 0 Å². The number of benzene rings is 1. The fourth-order valence-corrected chi connectivity index (χ4v) is 2.20. The molecule has 0 aliphatic heterocycles. The lowest BCUT2D eigenvalue weighted by Crippen LogP contribution is -2.53. The molecule has 1 rings (SSSR count). The zero-order chi connectivity index (χ0) is 12.2. The first kappa shape index (κ1) is 13.7. The number of nitrogens with two attached hydrogens (primary N) is 1. The predicted octanol–water partition coefficient (Wildman–Crippen LogP) is 2.71. The molecule has 1 aromatic rings. The fraction of sp³-hybridized carbons (Fsp3) is 0.538. The summed E-state index contributed by atoms with van der Waals surface area (Å²) in [6, 6.07) is 8.87. The molecule has 2 nitrogen and oxygen atoms in total. The SMILES string of the molecule is CC(C)NC(C)(CN)Cc1ccc(Br)cc1. The summed E-state index contributed by atoms with van der Waals surface area (Å²) < 4.78 is 1.11. The summed E-state index contributed by atoms with van der Waals surface area (Å²) in [5, 5.41) is 3.53. The van der Waals surface area contributed by atoms with Gasteiger partial charge in [-0.15, -0.1) is 0 Å². The highest BCUT2D eigenvalue weighted by molar-refractivity contribution is 9.10. The fourth-order valence-electron chi connectivity index (χ4n) is 1.93. The summed E-state index contributed by atoms with van der Waals surface area (Å²) in [5.41, 5.74) is 7.15. The van der Waals surface area contributed by atoms with Crippen LogP contribution >= 0.6 is 15.9 Å². The average Bonchev–Trinajstić information content (AvgIpc) is 2.20. The van der Waals surface area contributed by atoms with E-state index in [0.717, 1.165) is 10.9 Å². The van der Waals surface area contributed by atoms with E-state index < -0.39 is 0 Å². The molecule has 0 bridgehead atoms. The molecular formula is C13H21BrN2. The minimum absolute atomic E-state index is 0.0258. The minimum atomic E-state index is -0.0258. The standard InChI is InChI=1S/C13H21BrN2/c1-10(2)16-13(3,9-15)8-11-4-6-12(14)7-5-11/h4-7,10,16H,8-9,15H2,1-3H3. The Bertz CT molecular complexity index is 321. The van der Waals surface area contributed by atoms with Crippen LogP contribution in [0.5, 0.6) is 0 Å². The lowest BCUT2D eigenvalue weighted by molar-refractivity contribution is 0.332. The molecule has 0 aliphatic carbocycles. The van der Waals surface area contributed by atoms with E-state index in [1.54, 1.807) is 0 Å². The molecule has 0 fully saturated rings. The van der Waals surface area contributed by atoms with E-state index in [4.69, 9.17) is 5.73 Å². The van der Waals surface area contributed by atoms with Crippen molar-refractivity contribution >= 4 is 15.9 Å². The Morgan fingerprint density at radius 3 is 2.31 bits per heavy atom. The van der Waals surface area contributed by atoms with E-state index in [2.05, 4.69) is 66.3 Å². The van der Waals surface area contributed by atoms with Gasteiger partial charge < -0.3 is 11.1 Å². The van der Waals surface area contributed by atoms with Crippen molar-refractivity contribution in [1.29, 1.82) is 0 Å². The lowest BCUT2D eigenvalue weighted by atomic mass is 9.92. The van der Waals surface area contributed by atoms with Crippen molar-refractivity contribution in [2.45, 2.75) is 38.8 Å². The zero-order valence-electron chi connectivity index (χ0n) is 10.3. The largest absolute Gasteiger partial charge is 0.329 e. The molecule has 0 saturated heterocycles. The summed E-state index contributed by atoms with van der Waals surface area (Å²) in [6.07, 6.45) is 0.953. The first-order chi connectivity index (χ1) is 7.45. The Hall–Kier alpha value is -0.380. The highest BCUT2D eigenvalue weighted by Gasteiger charge is 2.23. The van der Waals surface area contributed by atoms with Gasteiger partial charge in [0.2, 0.25) is 0 Å². The van der Waals surface area contributed by atoms with Crippen LogP contribution in [0.2, 0.25) is 0 Å². The Morgan fingerprint density at radius 1 is 1.31 bits per heavy atom. The van der Waals surface area contributed by atoms with Crippen molar-refractivity contribution in [3.63, 3.8) is 0 Å². The van der Waals surface area contributed by atoms with Crippen LogP contribution in [0.1, 0.15) is 26.3 Å². The Morgan fingerprint density at radius 2 is 1.88 bits per heavy atom. The molecule has 0 spiro atoms. The first-order valence-corrected chi connectivity index (χ1v) is 6.47. The molecule has 0 amide bonds. The van der Waals surface area contributed by atoms with Gasteiger partial charge in [-0.2, -0.15) is 0 Å². The maximum absolute atomic E-state index is 5.86. The van der Waals surface area contributed by atoms with Gasteiger partial charge in [-0.25, -0.2) is 0 Å². The van der Waals surface area contributed by atoms with Crippen LogP contribution in [0.25, 0.3) is 0 Å². The third-order valence-corrected chi connectivity index (χ3v) is 3.12. The second-order valence-corrected chi connectivity index (χ2v) is 5.78. The number of halogens is 1. The smallest absolute Gasteiger partial charge is 0.0318 e. The van der Waals surface area contributed by atoms with Gasteiger partial charge in [-0.1, -0.05) is 41.9 Å². The third-order valence-electron chi connectivity index (χ3n) is 2.60. The second-order valence-electron chi connectivity index (χ2n) is 4.87. The molecule has 0 saturated carbocycles. The van der Waals surface area contributed by atoms with Gasteiger partial charge in [0.05, 0.1) is 0 Å². The molecule has 0 heterocycles. The van der Waals surface area contributed by atoms with Gasteiger partial charge >= 0.3 is 0 Å². The summed E-state index contributed by atoms with van der Waals surface area (Å²) in [5.74, 6) is 0. The van der Waals surface area contributed by atoms with E-state index in [0.29, 0.717) is 12.6 Å². The van der Waals surface area contributed by atoms with Crippen LogP contribution in [-0.2, 0) is 6.42 Å². The van der Waals surface area contributed by atoms with Crippen molar-refractivity contribution in [3.05, 3.63) is 34.3 Å². The van der Waals surface area contributed by atoms with Gasteiger partial charge in [0.15, 0.2) is 0 Å². The van der Waals surface area contributed by atoms with Crippen LogP contribution in [0.4, 0.5) is 0 Å². The molecule has 16 heavy (non-hydrogen) atoms. The van der Waals surface area contributed by atoms with E-state index in [9.17, 15) is 0 Å². The normalized spacial score (nSPS) is 15.1. The third kappa shape index (κ3) is 4.24. The van der Waals surface area contributed by atoms with Crippen molar-refractivity contribution in [1.82, 2.24) is 5.32 Å². The van der Waals surface area contributed by atoms with Crippen LogP contribution in [0, 0.1) is 0 Å². The minimum Gasteiger partial charge on any atom is -0.329 e. The van der Waals surface area contributed by atoms with Gasteiger partial charge in [0, 0.05) is 22.6 Å². The van der Waals surface area contributed by atoms with Crippen molar-refractivity contribution in [2.75, 3.05) is 6.54 Å². The van der Waals surface area contributed by atoms with E-state index >= 15 is 0 Å². The summed E-state index contributed by atoms with van der Waals surface area (Å²) in [4.78, 5) is 0. The number of hydrogen-bond donors (Lipinski definition) is 2. The molecule has 0 radical (unpaired) electrons. The summed E-state index contributed by atoms with van der Waals surface area (Å²) >= 11 is 3.44. The van der Waals surface area contributed by atoms with E-state index in [1.807, 2.05) is 0 Å². The molecule has 1 atom stereocenters. The Labute approximate surface area is 107 Å². The molecule has 0 aliphatic rings. The van der Waals surface area contributed by atoms with Gasteiger partial charge in [0.1, 0.15) is 0 Å². The predicted molar refractivity (Wildman–Crippen MR) is 73.6 cm³/mol. The van der Waals surface area contributed by atoms with Crippen LogP contribution < -0.4 is 11.1 Å². The number of nitrogens with one attached hydrogen (secondary N) is 1. The Balaban J connectivity index is 2.72. The topological polar surface area (TPSA) is 38.0 Å². The van der Waals surface area contributed by atoms with Gasteiger partial charge in [-0.05, 0) is 31.0 Å². The molecule has 3 heteroatoms. The first-order valence-electron chi connectivity index (χ1n) is 5.67. The van der Waals surface area contributed by atoms with E-state index in [-0.39, 0.29) is 5.54 Å². The molecule has 3 N–H and O–H groups in total. The lowest BCUT2D eigenvalue weighted by Gasteiger charge is -2.32. The monoisotopic (exact) mass is 284 g/mol. The van der Waals surface area contributed by atoms with Crippen LogP contribution in [-0.4, -0.2) is 18.1 Å². The molecular weight excluding hydrogens is 264 g/mol. The summed E-state index contributed by atoms with van der Waals surface area (Å²) in [7, 11) is 0. The molecule has 0 aromatic heterocycles. The second kappa shape index (κ2) is 5.80. The highest BCUT2D eigenvalue weighted by atomic mass is 79.9. The number of hydrogen-bond acceptors (Lipinski definition) is 2. The molecule has 1 unspecified atom stereocenters. The summed E-state index contributed by atoms with van der Waals surface area (Å²) in [6.45, 7) is 7.11. The average molecular weight is 285 g/mol. The van der Waals surface area contributed by atoms with Crippen molar-refractivity contribution < 1.29 is 0 Å². The molecule has 90 valence electrons. The maximum atomic E-state index is 5.86. The van der Waals surface area contributed by atoms with E-state index in [1.165, 1.54) is 5.56 Å². The zero-order valence-corrected chi connectivity index (χ0v) is 11.8. The quantitative estimate of drug-likeness (QED) is 0.873. The van der Waals surface area contributed by atoms with Crippen LogP contribution in [0.15, 0.2) is 28.7 Å². The number of rotatable bonds is 5. The maximum Gasteiger partial charge on any atom is 0.0318 e. The highest BCUT2D eigenvalue weighted by Crippen LogP contribution is 2.16. The molecule has 1 aromatic carbocycles. The van der Waals surface area contributed by atoms with Gasteiger partial charge in [-0.3, -0.25) is 0 Å². The van der Waals surface area contributed by atoms with Crippen molar-refractivity contribution in [3.8, 4) is 0 Å². The van der Waals surface area contributed by atoms with Crippen LogP contribution in [0.3, 0.4) is 0 Å². The van der Waals surface area contributed by atoms with Crippen molar-refractivity contribution in [2.24, 2.45) is 5.73 Å². The Kier molecular flexibility index (Phi) is 4.96.